The molecule has 0 fully saturated rings. The van der Waals surface area contributed by atoms with Gasteiger partial charge in [0.15, 0.2) is 5.13 Å². The van der Waals surface area contributed by atoms with Crippen LogP contribution in [0.2, 0.25) is 0 Å². The van der Waals surface area contributed by atoms with E-state index >= 15 is 0 Å². The van der Waals surface area contributed by atoms with Crippen molar-refractivity contribution in [2.24, 2.45) is 0 Å². The van der Waals surface area contributed by atoms with Gasteiger partial charge in [0, 0.05) is 10.7 Å². The molecule has 0 aliphatic heterocycles. The number of hydrogen-bond acceptors (Lipinski definition) is 5. The van der Waals surface area contributed by atoms with Crippen LogP contribution in [0.25, 0.3) is 10.4 Å². The smallest absolute Gasteiger partial charge is 0.259 e. The predicted octanol–water partition coefficient (Wildman–Crippen LogP) is 5.11. The van der Waals surface area contributed by atoms with E-state index in [-0.39, 0.29) is 11.3 Å². The third-order valence-electron chi connectivity index (χ3n) is 3.95. The molecule has 1 heterocycles. The molecule has 0 aliphatic rings. The molecule has 0 saturated heterocycles. The van der Waals surface area contributed by atoms with E-state index in [9.17, 15) is 17.6 Å². The minimum absolute atomic E-state index is 0.00369. The lowest BCUT2D eigenvalue weighted by molar-refractivity contribution is 0.102. The van der Waals surface area contributed by atoms with Crippen molar-refractivity contribution in [2.45, 2.75) is 19.1 Å². The number of rotatable bonds is 6. The maximum atomic E-state index is 13.7. The number of carbonyl (C=O) groups excluding carboxylic acids is 1. The first-order valence-electron chi connectivity index (χ1n) is 8.50. The molecule has 6 nitrogen and oxygen atoms in total. The highest BCUT2D eigenvalue weighted by molar-refractivity contribution is 9.10. The van der Waals surface area contributed by atoms with Crippen LogP contribution < -0.4 is 10.0 Å². The number of halogens is 2. The fourth-order valence-electron chi connectivity index (χ4n) is 2.31. The topological polar surface area (TPSA) is 88.2 Å². The van der Waals surface area contributed by atoms with Gasteiger partial charge >= 0.3 is 0 Å². The molecule has 0 atom stereocenters. The number of amides is 1. The zero-order valence-electron chi connectivity index (χ0n) is 15.4. The van der Waals surface area contributed by atoms with Gasteiger partial charge < -0.3 is 0 Å². The summed E-state index contributed by atoms with van der Waals surface area (Å²) in [6.45, 7) is 2.97. The van der Waals surface area contributed by atoms with Crippen molar-refractivity contribution in [3.8, 4) is 10.4 Å². The second-order valence-electron chi connectivity index (χ2n) is 6.38. The van der Waals surface area contributed by atoms with Crippen LogP contribution in [0.5, 0.6) is 0 Å². The first-order valence-corrected chi connectivity index (χ1v) is 11.7. The highest BCUT2D eigenvalue weighted by Crippen LogP contribution is 2.30. The molecule has 3 rings (SSSR count). The van der Waals surface area contributed by atoms with E-state index in [1.807, 2.05) is 24.3 Å². The summed E-state index contributed by atoms with van der Waals surface area (Å²) in [7, 11) is -3.75. The molecule has 1 aromatic heterocycles. The van der Waals surface area contributed by atoms with Gasteiger partial charge in [-0.1, -0.05) is 39.4 Å². The van der Waals surface area contributed by atoms with E-state index in [1.165, 1.54) is 31.3 Å². The third-order valence-corrected chi connectivity index (χ3v) is 7.19. The largest absolute Gasteiger partial charge is 0.298 e. The van der Waals surface area contributed by atoms with Crippen LogP contribution >= 0.6 is 27.3 Å². The van der Waals surface area contributed by atoms with Gasteiger partial charge in [0.2, 0.25) is 10.0 Å². The Kier molecular flexibility index (Phi) is 6.35. The molecule has 0 bridgehead atoms. The Morgan fingerprint density at radius 2 is 1.86 bits per heavy atom. The Labute approximate surface area is 180 Å². The van der Waals surface area contributed by atoms with Crippen molar-refractivity contribution >= 4 is 54.0 Å². The molecule has 29 heavy (non-hydrogen) atoms. The van der Waals surface area contributed by atoms with E-state index in [1.54, 1.807) is 6.20 Å². The van der Waals surface area contributed by atoms with E-state index in [2.05, 4.69) is 31.0 Å². The second kappa shape index (κ2) is 8.60. The number of hydrogen-bond donors (Lipinski definition) is 2. The number of nitrogens with zero attached hydrogens (tertiary/aromatic N) is 1. The molecule has 0 aliphatic carbocycles. The molecule has 3 aromatic rings. The highest BCUT2D eigenvalue weighted by atomic mass is 79.9. The summed E-state index contributed by atoms with van der Waals surface area (Å²) in [5.41, 5.74) is 0.815. The van der Waals surface area contributed by atoms with Gasteiger partial charge in [-0.2, -0.15) is 0 Å². The average Bonchev–Trinajstić information content (AvgIpc) is 3.10. The van der Waals surface area contributed by atoms with Crippen LogP contribution in [0.3, 0.4) is 0 Å². The SMILES string of the molecule is CC(C)S(=O)(=O)Nc1cc(F)ccc1C(=O)Nc1ncc(-c2ccc(Br)cc2)s1. The average molecular weight is 498 g/mol. The van der Waals surface area contributed by atoms with Crippen LogP contribution in [0, 0.1) is 5.82 Å². The number of sulfonamides is 1. The van der Waals surface area contributed by atoms with Crippen LogP contribution in [-0.4, -0.2) is 24.6 Å². The number of anilines is 2. The fourth-order valence-corrected chi connectivity index (χ4v) is 4.11. The van der Waals surface area contributed by atoms with Gasteiger partial charge in [-0.15, -0.1) is 0 Å². The van der Waals surface area contributed by atoms with Gasteiger partial charge in [0.1, 0.15) is 5.82 Å². The molecule has 1 amide bonds. The Hall–Kier alpha value is -2.30. The van der Waals surface area contributed by atoms with E-state index in [0.29, 0.717) is 5.13 Å². The molecule has 0 spiro atoms. The van der Waals surface area contributed by atoms with Crippen molar-refractivity contribution in [3.63, 3.8) is 0 Å². The summed E-state index contributed by atoms with van der Waals surface area (Å²) in [6, 6.07) is 10.9. The van der Waals surface area contributed by atoms with Crippen LogP contribution in [0.1, 0.15) is 24.2 Å². The molecular weight excluding hydrogens is 481 g/mol. The summed E-state index contributed by atoms with van der Waals surface area (Å²) >= 11 is 4.65. The van der Waals surface area contributed by atoms with Crippen molar-refractivity contribution in [3.05, 3.63) is 64.5 Å². The standard InChI is InChI=1S/C19H17BrFN3O3S2/c1-11(2)29(26,27)24-16-9-14(21)7-8-15(16)18(25)23-19-22-10-17(28-19)12-3-5-13(20)6-4-12/h3-11,24H,1-2H3,(H,22,23,25). The van der Waals surface area contributed by atoms with Crippen LogP contribution in [0.15, 0.2) is 53.1 Å². The van der Waals surface area contributed by atoms with Gasteiger partial charge in [-0.25, -0.2) is 17.8 Å². The second-order valence-corrected chi connectivity index (χ2v) is 10.6. The lowest BCUT2D eigenvalue weighted by Gasteiger charge is -2.14. The summed E-state index contributed by atoms with van der Waals surface area (Å²) in [6.07, 6.45) is 1.64. The minimum Gasteiger partial charge on any atom is -0.298 e. The monoisotopic (exact) mass is 497 g/mol. The third kappa shape index (κ3) is 5.20. The van der Waals surface area contributed by atoms with Crippen molar-refractivity contribution in [2.75, 3.05) is 10.0 Å². The number of aromatic nitrogens is 1. The molecule has 0 saturated carbocycles. The van der Waals surface area contributed by atoms with E-state index < -0.39 is 27.0 Å². The normalized spacial score (nSPS) is 11.5. The van der Waals surface area contributed by atoms with Gasteiger partial charge in [-0.3, -0.25) is 14.8 Å². The summed E-state index contributed by atoms with van der Waals surface area (Å²) < 4.78 is 41.2. The Morgan fingerprint density at radius 1 is 1.17 bits per heavy atom. The van der Waals surface area contributed by atoms with Crippen LogP contribution in [-0.2, 0) is 10.0 Å². The van der Waals surface area contributed by atoms with Crippen LogP contribution in [0.4, 0.5) is 15.2 Å². The molecule has 152 valence electrons. The number of benzene rings is 2. The van der Waals surface area contributed by atoms with Gasteiger partial charge in [0.25, 0.3) is 5.91 Å². The lowest BCUT2D eigenvalue weighted by atomic mass is 10.1. The zero-order valence-corrected chi connectivity index (χ0v) is 18.7. The predicted molar refractivity (Wildman–Crippen MR) is 117 cm³/mol. The minimum atomic E-state index is -3.75. The molecule has 2 aromatic carbocycles. The van der Waals surface area contributed by atoms with E-state index in [0.717, 1.165) is 27.0 Å². The molecule has 2 N–H and O–H groups in total. The first kappa shape index (κ1) is 21.4. The maximum absolute atomic E-state index is 13.7. The molecule has 10 heteroatoms. The quantitative estimate of drug-likeness (QED) is 0.494. The van der Waals surface area contributed by atoms with Crippen molar-refractivity contribution in [1.29, 1.82) is 0 Å². The van der Waals surface area contributed by atoms with E-state index in [4.69, 9.17) is 0 Å². The molecular formula is C19H17BrFN3O3S2. The lowest BCUT2D eigenvalue weighted by Crippen LogP contribution is -2.24. The molecule has 0 radical (unpaired) electrons. The summed E-state index contributed by atoms with van der Waals surface area (Å²) in [5.74, 6) is -1.25. The van der Waals surface area contributed by atoms with Gasteiger partial charge in [-0.05, 0) is 49.7 Å². The Morgan fingerprint density at radius 3 is 2.52 bits per heavy atom. The zero-order chi connectivity index (χ0) is 21.2. The van der Waals surface area contributed by atoms with Gasteiger partial charge in [0.05, 0.1) is 21.4 Å². The van der Waals surface area contributed by atoms with Crippen molar-refractivity contribution in [1.82, 2.24) is 4.98 Å². The number of carbonyl (C=O) groups is 1. The fraction of sp³-hybridized carbons (Fsp3) is 0.158. The van der Waals surface area contributed by atoms with Crippen molar-refractivity contribution < 1.29 is 17.6 Å². The molecule has 0 unspecified atom stereocenters. The highest BCUT2D eigenvalue weighted by Gasteiger charge is 2.21. The maximum Gasteiger partial charge on any atom is 0.259 e. The first-order chi connectivity index (χ1) is 13.7. The summed E-state index contributed by atoms with van der Waals surface area (Å²) in [4.78, 5) is 17.7. The number of thiazole rings is 1. The summed E-state index contributed by atoms with van der Waals surface area (Å²) in [5, 5.41) is 2.24. The Bertz CT molecular complexity index is 1150. The number of nitrogens with one attached hydrogen (secondary N) is 2. The Balaban J connectivity index is 1.84.